The Kier molecular flexibility index (Phi) is 6.52. The van der Waals surface area contributed by atoms with Crippen LogP contribution >= 0.6 is 0 Å². The van der Waals surface area contributed by atoms with Gasteiger partial charge < -0.3 is 10.1 Å². The highest BCUT2D eigenvalue weighted by Gasteiger charge is 2.41. The smallest absolute Gasteiger partial charge is 0.324 e. The molecule has 160 valence electrons. The van der Waals surface area contributed by atoms with Gasteiger partial charge >= 0.3 is 5.97 Å². The maximum Gasteiger partial charge on any atom is 0.324 e. The van der Waals surface area contributed by atoms with Gasteiger partial charge in [-0.1, -0.05) is 29.8 Å². The van der Waals surface area contributed by atoms with Gasteiger partial charge in [0.2, 0.25) is 10.0 Å². The second kappa shape index (κ2) is 8.93. The molecule has 1 aliphatic rings. The van der Waals surface area contributed by atoms with Crippen molar-refractivity contribution in [3.8, 4) is 0 Å². The molecule has 1 aliphatic heterocycles. The number of nitrogens with one attached hydrogen (secondary N) is 1. The van der Waals surface area contributed by atoms with E-state index >= 15 is 0 Å². The van der Waals surface area contributed by atoms with E-state index < -0.39 is 45.3 Å². The Bertz CT molecular complexity index is 1070. The first-order valence-electron chi connectivity index (χ1n) is 9.50. The number of nitrogens with zero attached hydrogens (tertiary/aromatic N) is 1. The van der Waals surface area contributed by atoms with Crippen molar-refractivity contribution in [3.63, 3.8) is 0 Å². The van der Waals surface area contributed by atoms with Crippen LogP contribution in [0.4, 0.5) is 10.1 Å². The lowest BCUT2D eigenvalue weighted by Crippen LogP contribution is -2.42. The molecule has 30 heavy (non-hydrogen) atoms. The van der Waals surface area contributed by atoms with E-state index in [1.807, 2.05) is 26.0 Å². The van der Waals surface area contributed by atoms with Gasteiger partial charge in [0.1, 0.15) is 16.8 Å². The molecule has 0 unspecified atom stereocenters. The molecule has 1 amide bonds. The average molecular weight is 434 g/mol. The second-order valence-corrected chi connectivity index (χ2v) is 9.04. The fraction of sp³-hybridized carbons (Fsp3) is 0.333. The van der Waals surface area contributed by atoms with Crippen LogP contribution in [0.15, 0.2) is 47.4 Å². The van der Waals surface area contributed by atoms with Crippen molar-refractivity contribution < 1.29 is 27.1 Å². The van der Waals surface area contributed by atoms with E-state index in [1.165, 1.54) is 12.1 Å². The van der Waals surface area contributed by atoms with E-state index in [9.17, 15) is 22.4 Å². The Morgan fingerprint density at radius 1 is 1.20 bits per heavy atom. The lowest BCUT2D eigenvalue weighted by Gasteiger charge is -2.22. The Labute approximate surface area is 174 Å². The van der Waals surface area contributed by atoms with E-state index in [0.29, 0.717) is 12.1 Å². The summed E-state index contributed by atoms with van der Waals surface area (Å²) in [6, 6.07) is 9.42. The van der Waals surface area contributed by atoms with E-state index in [-0.39, 0.29) is 13.0 Å². The van der Waals surface area contributed by atoms with Crippen LogP contribution in [0.3, 0.4) is 0 Å². The summed E-state index contributed by atoms with van der Waals surface area (Å²) in [4.78, 5) is 24.1. The number of halogens is 1. The highest BCUT2D eigenvalue weighted by Crippen LogP contribution is 2.28. The number of aryl methyl sites for hydroxylation is 2. The summed E-state index contributed by atoms with van der Waals surface area (Å²) in [6.07, 6.45) is 0.674. The van der Waals surface area contributed by atoms with Crippen LogP contribution < -0.4 is 5.32 Å². The van der Waals surface area contributed by atoms with Crippen LogP contribution in [0.5, 0.6) is 0 Å². The van der Waals surface area contributed by atoms with Crippen LogP contribution in [0, 0.1) is 19.7 Å². The third-order valence-electron chi connectivity index (χ3n) is 4.90. The Morgan fingerprint density at radius 2 is 1.93 bits per heavy atom. The molecule has 0 radical (unpaired) electrons. The number of anilines is 1. The average Bonchev–Trinajstić information content (AvgIpc) is 3.19. The Morgan fingerprint density at radius 3 is 2.63 bits per heavy atom. The summed E-state index contributed by atoms with van der Waals surface area (Å²) in [7, 11) is -4.20. The molecule has 7 nitrogen and oxygen atoms in total. The van der Waals surface area contributed by atoms with Crippen molar-refractivity contribution in [2.45, 2.75) is 37.6 Å². The largest absolute Gasteiger partial charge is 0.454 e. The molecule has 0 spiro atoms. The topological polar surface area (TPSA) is 92.8 Å². The van der Waals surface area contributed by atoms with Crippen LogP contribution in [-0.2, 0) is 24.3 Å². The van der Waals surface area contributed by atoms with Crippen LogP contribution in [0.2, 0.25) is 0 Å². The normalized spacial score (nSPS) is 17.0. The van der Waals surface area contributed by atoms with Crippen LogP contribution in [0.25, 0.3) is 0 Å². The first-order chi connectivity index (χ1) is 14.2. The highest BCUT2D eigenvalue weighted by molar-refractivity contribution is 7.89. The second-order valence-electron chi connectivity index (χ2n) is 7.18. The summed E-state index contributed by atoms with van der Waals surface area (Å²) < 4.78 is 45.6. The molecule has 1 fully saturated rings. The molecule has 1 saturated heterocycles. The standard InChI is InChI=1S/C21H23FN2O5S/c1-14-9-10-17(15(2)12-14)23-20(25)13-29-21(26)18-7-5-11-24(18)30(27,28)19-8-4-3-6-16(19)22/h3-4,6,8-10,12,18H,5,7,11,13H2,1-2H3,(H,23,25)/t18-/m0/s1. The number of rotatable bonds is 6. The number of benzene rings is 2. The molecule has 2 aromatic rings. The predicted octanol–water partition coefficient (Wildman–Crippen LogP) is 2.78. The van der Waals surface area contributed by atoms with E-state index in [0.717, 1.165) is 27.6 Å². The van der Waals surface area contributed by atoms with E-state index in [2.05, 4.69) is 5.32 Å². The zero-order chi connectivity index (χ0) is 21.9. The Hall–Kier alpha value is -2.78. The summed E-state index contributed by atoms with van der Waals surface area (Å²) >= 11 is 0. The zero-order valence-electron chi connectivity index (χ0n) is 16.7. The lowest BCUT2D eigenvalue weighted by molar-refractivity contribution is -0.150. The molecule has 2 aromatic carbocycles. The van der Waals surface area contributed by atoms with Gasteiger partial charge in [0.05, 0.1) is 0 Å². The molecule has 0 aromatic heterocycles. The molecule has 1 atom stereocenters. The summed E-state index contributed by atoms with van der Waals surface area (Å²) in [5.41, 5.74) is 2.52. The molecule has 3 rings (SSSR count). The van der Waals surface area contributed by atoms with E-state index in [4.69, 9.17) is 4.74 Å². The fourth-order valence-corrected chi connectivity index (χ4v) is 5.13. The summed E-state index contributed by atoms with van der Waals surface area (Å²) in [5.74, 6) is -2.25. The number of amides is 1. The number of ether oxygens (including phenoxy) is 1. The number of esters is 1. The fourth-order valence-electron chi connectivity index (χ4n) is 3.42. The maximum atomic E-state index is 14.0. The van der Waals surface area contributed by atoms with Gasteiger partial charge in [-0.3, -0.25) is 9.59 Å². The molecular weight excluding hydrogens is 411 g/mol. The molecule has 1 N–H and O–H groups in total. The van der Waals surface area contributed by atoms with Crippen LogP contribution in [-0.4, -0.2) is 43.8 Å². The van der Waals surface area contributed by atoms with Crippen molar-refractivity contribution in [2.75, 3.05) is 18.5 Å². The monoisotopic (exact) mass is 434 g/mol. The number of sulfonamides is 1. The predicted molar refractivity (Wildman–Crippen MR) is 109 cm³/mol. The van der Waals surface area contributed by atoms with Crippen LogP contribution in [0.1, 0.15) is 24.0 Å². The lowest BCUT2D eigenvalue weighted by atomic mass is 10.1. The molecule has 9 heteroatoms. The van der Waals surface area contributed by atoms with Gasteiger partial charge in [-0.05, 0) is 50.5 Å². The SMILES string of the molecule is Cc1ccc(NC(=O)COC(=O)[C@@H]2CCCN2S(=O)(=O)c2ccccc2F)c(C)c1. The first kappa shape index (κ1) is 21.9. The summed E-state index contributed by atoms with van der Waals surface area (Å²) in [6.45, 7) is 3.31. The number of carbonyl (C=O) groups is 2. The maximum absolute atomic E-state index is 14.0. The van der Waals surface area contributed by atoms with Crippen molar-refractivity contribution in [1.29, 1.82) is 0 Å². The number of hydrogen-bond acceptors (Lipinski definition) is 5. The van der Waals surface area contributed by atoms with Gasteiger partial charge in [-0.15, -0.1) is 0 Å². The minimum atomic E-state index is -4.20. The highest BCUT2D eigenvalue weighted by atomic mass is 32.2. The Balaban J connectivity index is 1.64. The first-order valence-corrected chi connectivity index (χ1v) is 10.9. The third kappa shape index (κ3) is 4.68. The minimum Gasteiger partial charge on any atom is -0.454 e. The molecule has 0 bridgehead atoms. The van der Waals surface area contributed by atoms with Gasteiger partial charge in [0.15, 0.2) is 6.61 Å². The number of carbonyl (C=O) groups excluding carboxylic acids is 2. The van der Waals surface area contributed by atoms with Gasteiger partial charge in [-0.2, -0.15) is 4.31 Å². The number of hydrogen-bond donors (Lipinski definition) is 1. The van der Waals surface area contributed by atoms with Crippen molar-refractivity contribution in [1.82, 2.24) is 4.31 Å². The molecule has 1 heterocycles. The van der Waals surface area contributed by atoms with Crippen molar-refractivity contribution >= 4 is 27.6 Å². The van der Waals surface area contributed by atoms with Crippen molar-refractivity contribution in [2.24, 2.45) is 0 Å². The van der Waals surface area contributed by atoms with Gasteiger partial charge in [0.25, 0.3) is 5.91 Å². The summed E-state index contributed by atoms with van der Waals surface area (Å²) in [5, 5.41) is 2.66. The van der Waals surface area contributed by atoms with Crippen molar-refractivity contribution in [3.05, 3.63) is 59.4 Å². The molecule has 0 saturated carbocycles. The molecule has 0 aliphatic carbocycles. The van der Waals surface area contributed by atoms with Gasteiger partial charge in [0, 0.05) is 12.2 Å². The third-order valence-corrected chi connectivity index (χ3v) is 6.84. The quantitative estimate of drug-likeness (QED) is 0.706. The van der Waals surface area contributed by atoms with Gasteiger partial charge in [-0.25, -0.2) is 12.8 Å². The minimum absolute atomic E-state index is 0.0746. The van der Waals surface area contributed by atoms with E-state index in [1.54, 1.807) is 6.07 Å². The zero-order valence-corrected chi connectivity index (χ0v) is 17.5. The molecular formula is C21H23FN2O5S.